The first-order valence-electron chi connectivity index (χ1n) is 7.49. The topological polar surface area (TPSA) is 114 Å². The first kappa shape index (κ1) is 16.7. The highest BCUT2D eigenvalue weighted by atomic mass is 32.2. The fourth-order valence-corrected chi connectivity index (χ4v) is 3.88. The minimum Gasteiger partial charge on any atom is -0.388 e. The second kappa shape index (κ2) is 7.14. The van der Waals surface area contributed by atoms with Gasteiger partial charge in [0.25, 0.3) is 0 Å². The van der Waals surface area contributed by atoms with E-state index < -0.39 is 18.3 Å². The summed E-state index contributed by atoms with van der Waals surface area (Å²) < 4.78 is 12.5. The molecule has 23 heavy (non-hydrogen) atoms. The summed E-state index contributed by atoms with van der Waals surface area (Å²) in [6.45, 7) is 3.27. The molecule has 0 saturated carbocycles. The van der Waals surface area contributed by atoms with Crippen molar-refractivity contribution in [2.24, 2.45) is 4.99 Å². The predicted molar refractivity (Wildman–Crippen MR) is 83.9 cm³/mol. The Kier molecular flexibility index (Phi) is 5.17. The number of amidine groups is 1. The van der Waals surface area contributed by atoms with Crippen molar-refractivity contribution in [3.63, 3.8) is 0 Å². The number of fused-ring (bicyclic) bond motifs is 1. The van der Waals surface area contributed by atoms with Crippen molar-refractivity contribution in [3.8, 4) is 0 Å². The SMILES string of the molecule is CCN=C1N[C@@H]2[C@@H](O)[C@H](O)[C@@H](Cn3cc(COC)nn3)O[C@@H]2S1. The molecule has 3 rings (SSSR count). The largest absolute Gasteiger partial charge is 0.388 e. The smallest absolute Gasteiger partial charge is 0.159 e. The van der Waals surface area contributed by atoms with E-state index in [9.17, 15) is 10.2 Å². The highest BCUT2D eigenvalue weighted by Gasteiger charge is 2.49. The van der Waals surface area contributed by atoms with Crippen LogP contribution in [-0.4, -0.2) is 73.8 Å². The zero-order chi connectivity index (χ0) is 16.4. The maximum atomic E-state index is 10.3. The van der Waals surface area contributed by atoms with Crippen LogP contribution >= 0.6 is 11.8 Å². The molecule has 128 valence electrons. The number of nitrogens with one attached hydrogen (secondary N) is 1. The molecule has 2 aliphatic heterocycles. The molecule has 1 aromatic rings. The molecule has 0 aliphatic carbocycles. The van der Waals surface area contributed by atoms with Crippen molar-refractivity contribution >= 4 is 16.9 Å². The molecule has 0 bridgehead atoms. The lowest BCUT2D eigenvalue weighted by Crippen LogP contribution is -2.59. The Morgan fingerprint density at radius 3 is 3.04 bits per heavy atom. The number of thioether (sulfide) groups is 1. The lowest BCUT2D eigenvalue weighted by molar-refractivity contribution is -0.160. The van der Waals surface area contributed by atoms with Crippen molar-refractivity contribution in [3.05, 3.63) is 11.9 Å². The summed E-state index contributed by atoms with van der Waals surface area (Å²) in [5.41, 5.74) is 0.413. The second-order valence-corrected chi connectivity index (χ2v) is 6.54. The molecule has 0 spiro atoms. The third-order valence-corrected chi connectivity index (χ3v) is 4.87. The fraction of sp³-hybridized carbons (Fsp3) is 0.769. The van der Waals surface area contributed by atoms with Crippen LogP contribution in [0.5, 0.6) is 0 Å². The summed E-state index contributed by atoms with van der Waals surface area (Å²) in [5, 5.41) is 32.5. The van der Waals surface area contributed by atoms with Gasteiger partial charge in [-0.05, 0) is 6.92 Å². The number of rotatable bonds is 5. The average molecular weight is 343 g/mol. The zero-order valence-electron chi connectivity index (χ0n) is 13.0. The van der Waals surface area contributed by atoms with Crippen LogP contribution < -0.4 is 5.32 Å². The highest BCUT2D eigenvalue weighted by molar-refractivity contribution is 8.14. The van der Waals surface area contributed by atoms with Crippen LogP contribution in [0.25, 0.3) is 0 Å². The number of aromatic nitrogens is 3. The molecule has 0 amide bonds. The lowest BCUT2D eigenvalue weighted by atomic mass is 9.98. The highest BCUT2D eigenvalue weighted by Crippen LogP contribution is 2.34. The van der Waals surface area contributed by atoms with Crippen LogP contribution in [-0.2, 0) is 22.6 Å². The minimum atomic E-state index is -1.01. The number of aliphatic hydroxyl groups excluding tert-OH is 2. The molecule has 1 aromatic heterocycles. The summed E-state index contributed by atoms with van der Waals surface area (Å²) in [5.74, 6) is 0. The van der Waals surface area contributed by atoms with Gasteiger partial charge in [-0.1, -0.05) is 17.0 Å². The minimum absolute atomic E-state index is 0.286. The van der Waals surface area contributed by atoms with E-state index >= 15 is 0 Å². The standard InChI is InChI=1S/C13H21N5O4S/c1-3-14-13-15-9-11(20)10(19)8(22-12(9)23-13)5-18-4-7(6-21-2)16-17-18/h4,8-12,19-20H,3,5-6H2,1-2H3,(H,14,15)/t8-,9-,10-,11-,12-/m1/s1. The first-order valence-corrected chi connectivity index (χ1v) is 8.37. The molecule has 0 aromatic carbocycles. The number of aliphatic hydroxyl groups is 2. The van der Waals surface area contributed by atoms with Crippen molar-refractivity contribution in [1.82, 2.24) is 20.3 Å². The van der Waals surface area contributed by atoms with Gasteiger partial charge in [-0.15, -0.1) is 5.10 Å². The Balaban J connectivity index is 1.67. The molecule has 5 atom stereocenters. The van der Waals surface area contributed by atoms with Crippen molar-refractivity contribution < 1.29 is 19.7 Å². The Morgan fingerprint density at radius 1 is 1.48 bits per heavy atom. The summed E-state index contributed by atoms with van der Waals surface area (Å²) in [4.78, 5) is 4.29. The molecule has 0 radical (unpaired) electrons. The molecule has 2 saturated heterocycles. The first-order chi connectivity index (χ1) is 11.1. The Morgan fingerprint density at radius 2 is 2.30 bits per heavy atom. The zero-order valence-corrected chi connectivity index (χ0v) is 13.8. The van der Waals surface area contributed by atoms with Crippen LogP contribution in [0, 0.1) is 0 Å². The van der Waals surface area contributed by atoms with Gasteiger partial charge in [0.2, 0.25) is 0 Å². The number of methoxy groups -OCH3 is 1. The molecule has 0 unspecified atom stereocenters. The maximum absolute atomic E-state index is 10.3. The Labute approximate surface area is 138 Å². The molecule has 9 nitrogen and oxygen atoms in total. The van der Waals surface area contributed by atoms with Crippen LogP contribution in [0.15, 0.2) is 11.2 Å². The predicted octanol–water partition coefficient (Wildman–Crippen LogP) is -1.05. The summed E-state index contributed by atoms with van der Waals surface area (Å²) in [6.07, 6.45) is -0.779. The molecule has 10 heteroatoms. The monoisotopic (exact) mass is 343 g/mol. The van der Waals surface area contributed by atoms with Crippen molar-refractivity contribution in [1.29, 1.82) is 0 Å². The van der Waals surface area contributed by atoms with E-state index in [0.29, 0.717) is 25.4 Å². The van der Waals surface area contributed by atoms with Crippen LogP contribution in [0.2, 0.25) is 0 Å². The van der Waals surface area contributed by atoms with Crippen LogP contribution in [0.1, 0.15) is 12.6 Å². The molecule has 2 aliphatic rings. The molecule has 3 N–H and O–H groups in total. The van der Waals surface area contributed by atoms with Gasteiger partial charge in [-0.2, -0.15) is 0 Å². The van der Waals surface area contributed by atoms with Crippen molar-refractivity contribution in [2.75, 3.05) is 13.7 Å². The molecular weight excluding hydrogens is 322 g/mol. The van der Waals surface area contributed by atoms with Crippen LogP contribution in [0.4, 0.5) is 0 Å². The quantitative estimate of drug-likeness (QED) is 0.621. The molecule has 3 heterocycles. The molecular formula is C13H21N5O4S. The summed E-state index contributed by atoms with van der Waals surface area (Å²) in [7, 11) is 1.59. The van der Waals surface area contributed by atoms with E-state index in [1.807, 2.05) is 6.92 Å². The third-order valence-electron chi connectivity index (χ3n) is 3.77. The van der Waals surface area contributed by atoms with E-state index in [1.54, 1.807) is 18.0 Å². The van der Waals surface area contributed by atoms with E-state index in [1.165, 1.54) is 11.8 Å². The van der Waals surface area contributed by atoms with Gasteiger partial charge in [-0.3, -0.25) is 4.99 Å². The third kappa shape index (κ3) is 3.50. The fourth-order valence-electron chi connectivity index (χ4n) is 2.68. The van der Waals surface area contributed by atoms with Crippen molar-refractivity contribution in [2.45, 2.75) is 49.9 Å². The van der Waals surface area contributed by atoms with E-state index in [4.69, 9.17) is 9.47 Å². The van der Waals surface area contributed by atoms with E-state index in [0.717, 1.165) is 5.17 Å². The van der Waals surface area contributed by atoms with Gasteiger partial charge in [0.1, 0.15) is 29.4 Å². The van der Waals surface area contributed by atoms with Gasteiger partial charge >= 0.3 is 0 Å². The van der Waals surface area contributed by atoms with Gasteiger partial charge in [0.15, 0.2) is 5.17 Å². The number of ether oxygens (including phenoxy) is 2. The van der Waals surface area contributed by atoms with Gasteiger partial charge in [0, 0.05) is 13.7 Å². The summed E-state index contributed by atoms with van der Waals surface area (Å²) in [6, 6.07) is -0.364. The van der Waals surface area contributed by atoms with E-state index in [2.05, 4.69) is 20.6 Å². The van der Waals surface area contributed by atoms with Gasteiger partial charge < -0.3 is 25.0 Å². The van der Waals surface area contributed by atoms with Gasteiger partial charge in [0.05, 0.1) is 25.4 Å². The lowest BCUT2D eigenvalue weighted by Gasteiger charge is -2.38. The number of hydrogen-bond donors (Lipinski definition) is 3. The Bertz CT molecular complexity index is 568. The Hall–Kier alpha value is -1.20. The normalized spacial score (nSPS) is 35.3. The average Bonchev–Trinajstić information content (AvgIpc) is 3.12. The number of aliphatic imine (C=N–C) groups is 1. The van der Waals surface area contributed by atoms with E-state index in [-0.39, 0.29) is 11.5 Å². The summed E-state index contributed by atoms with van der Waals surface area (Å²) >= 11 is 1.43. The second-order valence-electron chi connectivity index (χ2n) is 5.46. The number of hydrogen-bond acceptors (Lipinski definition) is 8. The number of nitrogens with zero attached hydrogens (tertiary/aromatic N) is 4. The molecule has 2 fully saturated rings. The van der Waals surface area contributed by atoms with Crippen LogP contribution in [0.3, 0.4) is 0 Å². The van der Waals surface area contributed by atoms with Gasteiger partial charge in [-0.25, -0.2) is 4.68 Å². The maximum Gasteiger partial charge on any atom is 0.159 e.